The maximum Gasteiger partial charge on any atom is 0.138 e. The van der Waals surface area contributed by atoms with Crippen LogP contribution in [0, 0.1) is 12.8 Å². The van der Waals surface area contributed by atoms with E-state index in [4.69, 9.17) is 4.98 Å². The first-order valence-electron chi connectivity index (χ1n) is 7.74. The predicted octanol–water partition coefficient (Wildman–Crippen LogP) is 2.33. The minimum absolute atomic E-state index is 0.103. The van der Waals surface area contributed by atoms with Gasteiger partial charge in [-0.05, 0) is 19.3 Å². The Morgan fingerprint density at radius 1 is 1.33 bits per heavy atom. The van der Waals surface area contributed by atoms with Crippen molar-refractivity contribution < 1.29 is 5.11 Å². The van der Waals surface area contributed by atoms with Gasteiger partial charge in [0.2, 0.25) is 0 Å². The average Bonchev–Trinajstić information content (AvgIpc) is 2.78. The van der Waals surface area contributed by atoms with E-state index in [9.17, 15) is 5.11 Å². The van der Waals surface area contributed by atoms with Gasteiger partial charge in [0.1, 0.15) is 17.5 Å². The molecule has 2 atom stereocenters. The van der Waals surface area contributed by atoms with E-state index in [-0.39, 0.29) is 18.1 Å². The number of anilines is 2. The number of nitrogens with zero attached hydrogens (tertiary/aromatic N) is 3. The first-order chi connectivity index (χ1) is 9.79. The molecule has 0 saturated carbocycles. The van der Waals surface area contributed by atoms with E-state index in [0.717, 1.165) is 36.0 Å². The van der Waals surface area contributed by atoms with Gasteiger partial charge in [-0.25, -0.2) is 9.97 Å². The molecule has 2 rings (SSSR count). The van der Waals surface area contributed by atoms with E-state index >= 15 is 0 Å². The van der Waals surface area contributed by atoms with Crippen molar-refractivity contribution in [3.8, 4) is 0 Å². The van der Waals surface area contributed by atoms with Crippen molar-refractivity contribution >= 4 is 11.6 Å². The van der Waals surface area contributed by atoms with Gasteiger partial charge in [-0.1, -0.05) is 27.7 Å². The third-order valence-electron chi connectivity index (χ3n) is 4.37. The van der Waals surface area contributed by atoms with Crippen LogP contribution in [0.2, 0.25) is 0 Å². The lowest BCUT2D eigenvalue weighted by Gasteiger charge is -2.30. The molecule has 5 nitrogen and oxygen atoms in total. The van der Waals surface area contributed by atoms with Crippen molar-refractivity contribution in [3.05, 3.63) is 11.4 Å². The summed E-state index contributed by atoms with van der Waals surface area (Å²) in [5.41, 5.74) is 0.951. The van der Waals surface area contributed by atoms with Gasteiger partial charge in [0.05, 0.1) is 12.6 Å². The second kappa shape index (κ2) is 5.79. The van der Waals surface area contributed by atoms with Gasteiger partial charge in [0.15, 0.2) is 0 Å². The minimum atomic E-state index is -0.103. The first-order valence-corrected chi connectivity index (χ1v) is 7.74. The van der Waals surface area contributed by atoms with Crippen LogP contribution in [0.5, 0.6) is 0 Å². The van der Waals surface area contributed by atoms with Crippen LogP contribution in [-0.2, 0) is 5.41 Å². The van der Waals surface area contributed by atoms with Gasteiger partial charge in [-0.2, -0.15) is 0 Å². The summed E-state index contributed by atoms with van der Waals surface area (Å²) in [6, 6.07) is 0.149. The molecule has 1 aliphatic rings. The van der Waals surface area contributed by atoms with Gasteiger partial charge >= 0.3 is 0 Å². The fraction of sp³-hybridized carbons (Fsp3) is 0.750. The van der Waals surface area contributed by atoms with Crippen LogP contribution in [0.4, 0.5) is 11.6 Å². The smallest absolute Gasteiger partial charge is 0.138 e. The Bertz CT molecular complexity index is 510. The van der Waals surface area contributed by atoms with Crippen LogP contribution < -0.4 is 10.2 Å². The lowest BCUT2D eigenvalue weighted by Crippen LogP contribution is -2.37. The Balaban J connectivity index is 2.52. The van der Waals surface area contributed by atoms with Crippen molar-refractivity contribution in [3.63, 3.8) is 0 Å². The van der Waals surface area contributed by atoms with Crippen LogP contribution in [0.3, 0.4) is 0 Å². The number of hydrogen-bond donors (Lipinski definition) is 2. The highest BCUT2D eigenvalue weighted by atomic mass is 16.3. The highest BCUT2D eigenvalue weighted by Crippen LogP contribution is 2.34. The van der Waals surface area contributed by atoms with Crippen molar-refractivity contribution in [1.29, 1.82) is 0 Å². The molecular formula is C16H28N4O. The summed E-state index contributed by atoms with van der Waals surface area (Å²) in [5.74, 6) is 3.16. The molecule has 1 aromatic rings. The molecule has 1 aliphatic heterocycles. The fourth-order valence-corrected chi connectivity index (χ4v) is 2.91. The second-order valence-corrected chi connectivity index (χ2v) is 7.05. The molecule has 0 aromatic carbocycles. The summed E-state index contributed by atoms with van der Waals surface area (Å²) in [5, 5.41) is 12.9. The van der Waals surface area contributed by atoms with Gasteiger partial charge in [0.25, 0.3) is 0 Å². The quantitative estimate of drug-likeness (QED) is 0.895. The van der Waals surface area contributed by atoms with Crippen LogP contribution in [0.25, 0.3) is 0 Å². The molecule has 0 aliphatic carbocycles. The molecule has 0 radical (unpaired) electrons. The SMILES string of the molecule is CNc1nc(C(C)(C)C)nc(N2CCC(C)C2CO)c1C. The average molecular weight is 292 g/mol. The molecule has 2 heterocycles. The largest absolute Gasteiger partial charge is 0.394 e. The van der Waals surface area contributed by atoms with Gasteiger partial charge in [0, 0.05) is 24.6 Å². The van der Waals surface area contributed by atoms with E-state index in [1.807, 2.05) is 14.0 Å². The van der Waals surface area contributed by atoms with Gasteiger partial charge in [-0.15, -0.1) is 0 Å². The highest BCUT2D eigenvalue weighted by molar-refractivity contribution is 5.60. The Morgan fingerprint density at radius 2 is 2.00 bits per heavy atom. The lowest BCUT2D eigenvalue weighted by molar-refractivity contribution is 0.244. The standard InChI is InChI=1S/C16H28N4O/c1-10-7-8-20(12(10)9-21)14-11(2)13(17-6)18-15(19-14)16(3,4)5/h10,12,21H,7-9H2,1-6H3,(H,17,18,19). The van der Waals surface area contributed by atoms with Crippen LogP contribution in [0.15, 0.2) is 0 Å². The molecule has 0 bridgehead atoms. The number of hydrogen-bond acceptors (Lipinski definition) is 5. The van der Waals surface area contributed by atoms with E-state index < -0.39 is 0 Å². The zero-order chi connectivity index (χ0) is 15.8. The normalized spacial score (nSPS) is 22.7. The fourth-order valence-electron chi connectivity index (χ4n) is 2.91. The molecule has 1 aromatic heterocycles. The predicted molar refractivity (Wildman–Crippen MR) is 87.0 cm³/mol. The minimum Gasteiger partial charge on any atom is -0.394 e. The molecular weight excluding hydrogens is 264 g/mol. The summed E-state index contributed by atoms with van der Waals surface area (Å²) in [7, 11) is 1.89. The van der Waals surface area contributed by atoms with Gasteiger partial charge in [-0.3, -0.25) is 0 Å². The zero-order valence-corrected chi connectivity index (χ0v) is 14.1. The van der Waals surface area contributed by atoms with E-state index in [0.29, 0.717) is 5.92 Å². The van der Waals surface area contributed by atoms with Crippen molar-refractivity contribution in [2.75, 3.05) is 30.4 Å². The van der Waals surface area contributed by atoms with E-state index in [2.05, 4.69) is 42.9 Å². The summed E-state index contributed by atoms with van der Waals surface area (Å²) >= 11 is 0. The molecule has 5 heteroatoms. The molecule has 0 amide bonds. The Morgan fingerprint density at radius 3 is 2.52 bits per heavy atom. The Labute approximate surface area is 127 Å². The molecule has 118 valence electrons. The van der Waals surface area contributed by atoms with Crippen molar-refractivity contribution in [1.82, 2.24) is 9.97 Å². The Hall–Kier alpha value is -1.36. The maximum absolute atomic E-state index is 9.71. The number of aromatic nitrogens is 2. The summed E-state index contributed by atoms with van der Waals surface area (Å²) in [6.45, 7) is 11.7. The molecule has 2 N–H and O–H groups in total. The van der Waals surface area contributed by atoms with Crippen LogP contribution in [0.1, 0.15) is 45.5 Å². The Kier molecular flexibility index (Phi) is 4.42. The first kappa shape index (κ1) is 16.0. The third-order valence-corrected chi connectivity index (χ3v) is 4.37. The number of rotatable bonds is 3. The van der Waals surface area contributed by atoms with E-state index in [1.165, 1.54) is 0 Å². The maximum atomic E-state index is 9.71. The third kappa shape index (κ3) is 2.98. The number of nitrogens with one attached hydrogen (secondary N) is 1. The van der Waals surface area contributed by atoms with Crippen LogP contribution in [-0.4, -0.2) is 41.3 Å². The monoisotopic (exact) mass is 292 g/mol. The topological polar surface area (TPSA) is 61.3 Å². The molecule has 21 heavy (non-hydrogen) atoms. The number of aliphatic hydroxyl groups excluding tert-OH is 1. The highest BCUT2D eigenvalue weighted by Gasteiger charge is 2.33. The van der Waals surface area contributed by atoms with Gasteiger partial charge < -0.3 is 15.3 Å². The van der Waals surface area contributed by atoms with Crippen molar-refractivity contribution in [2.24, 2.45) is 5.92 Å². The molecule has 2 unspecified atom stereocenters. The summed E-state index contributed by atoms with van der Waals surface area (Å²) in [4.78, 5) is 11.7. The van der Waals surface area contributed by atoms with Crippen LogP contribution >= 0.6 is 0 Å². The molecule has 1 saturated heterocycles. The lowest BCUT2D eigenvalue weighted by atomic mass is 9.95. The number of aliphatic hydroxyl groups is 1. The second-order valence-electron chi connectivity index (χ2n) is 7.05. The summed E-state index contributed by atoms with van der Waals surface area (Å²) in [6.07, 6.45) is 1.09. The summed E-state index contributed by atoms with van der Waals surface area (Å²) < 4.78 is 0. The van der Waals surface area contributed by atoms with Crippen molar-refractivity contribution in [2.45, 2.75) is 52.5 Å². The molecule has 0 spiro atoms. The van der Waals surface area contributed by atoms with E-state index in [1.54, 1.807) is 0 Å². The zero-order valence-electron chi connectivity index (χ0n) is 14.1. The molecule has 1 fully saturated rings.